The Morgan fingerprint density at radius 1 is 1.21 bits per heavy atom. The number of rotatable bonds is 6. The molecule has 0 aliphatic heterocycles. The van der Waals surface area contributed by atoms with Gasteiger partial charge in [0.2, 0.25) is 0 Å². The van der Waals surface area contributed by atoms with Gasteiger partial charge in [-0.25, -0.2) is 9.18 Å². The van der Waals surface area contributed by atoms with E-state index in [4.69, 9.17) is 4.74 Å². The first-order valence-corrected chi connectivity index (χ1v) is 9.43. The van der Waals surface area contributed by atoms with E-state index in [-0.39, 0.29) is 35.0 Å². The Balaban J connectivity index is 2.06. The Kier molecular flexibility index (Phi) is 5.92. The number of hydrogen-bond acceptors (Lipinski definition) is 4. The van der Waals surface area contributed by atoms with E-state index in [1.165, 1.54) is 18.2 Å². The molecule has 0 unspecified atom stereocenters. The second kappa shape index (κ2) is 8.37. The summed E-state index contributed by atoms with van der Waals surface area (Å²) >= 11 is 0. The van der Waals surface area contributed by atoms with Crippen molar-refractivity contribution in [3.63, 3.8) is 0 Å². The van der Waals surface area contributed by atoms with Gasteiger partial charge >= 0.3 is 5.97 Å². The number of esters is 1. The fourth-order valence-corrected chi connectivity index (χ4v) is 3.62. The minimum absolute atomic E-state index is 0.0334. The maximum absolute atomic E-state index is 14.5. The lowest BCUT2D eigenvalue weighted by Gasteiger charge is -2.12. The number of carbonyl (C=O) groups excluding carboxylic acids is 3. The topological polar surface area (TPSA) is 88.3 Å². The molecule has 0 saturated heterocycles. The van der Waals surface area contributed by atoms with Crippen LogP contribution in [0.5, 0.6) is 0 Å². The van der Waals surface area contributed by atoms with Gasteiger partial charge < -0.3 is 15.0 Å². The van der Waals surface area contributed by atoms with Gasteiger partial charge in [0, 0.05) is 22.9 Å². The van der Waals surface area contributed by atoms with Crippen LogP contribution in [-0.4, -0.2) is 35.3 Å². The van der Waals surface area contributed by atoms with Gasteiger partial charge in [-0.15, -0.1) is 0 Å². The molecule has 28 heavy (non-hydrogen) atoms. The van der Waals surface area contributed by atoms with E-state index in [2.05, 4.69) is 10.3 Å². The van der Waals surface area contributed by atoms with Crippen LogP contribution in [0.3, 0.4) is 0 Å². The first kappa shape index (κ1) is 19.8. The number of aromatic nitrogens is 1. The molecule has 1 aromatic heterocycles. The number of benzene rings is 1. The standard InChI is InChI=1S/C21H23FN2O4/c1-3-28-21(27)16-12(2)23-18(17(16)14-10-6-7-11-15(14)22)19(25)20(26)24-13-8-4-5-9-13/h6-7,10-11,13,23H,3-5,8-9H2,1-2H3,(H,24,26). The third-order valence-corrected chi connectivity index (χ3v) is 4.93. The van der Waals surface area contributed by atoms with Gasteiger partial charge in [0.25, 0.3) is 11.7 Å². The zero-order valence-corrected chi connectivity index (χ0v) is 15.9. The van der Waals surface area contributed by atoms with Crippen molar-refractivity contribution >= 4 is 17.7 Å². The van der Waals surface area contributed by atoms with Crippen LogP contribution in [0.25, 0.3) is 11.1 Å². The molecule has 3 rings (SSSR count). The minimum Gasteiger partial charge on any atom is -0.462 e. The number of H-pyrrole nitrogens is 1. The summed E-state index contributed by atoms with van der Waals surface area (Å²) in [7, 11) is 0. The van der Waals surface area contributed by atoms with E-state index in [1.54, 1.807) is 19.9 Å². The molecule has 0 bridgehead atoms. The van der Waals surface area contributed by atoms with Crippen molar-refractivity contribution in [2.75, 3.05) is 6.61 Å². The Hall–Kier alpha value is -2.96. The van der Waals surface area contributed by atoms with Crippen LogP contribution < -0.4 is 5.32 Å². The molecule has 0 radical (unpaired) electrons. The van der Waals surface area contributed by atoms with Crippen LogP contribution in [0.2, 0.25) is 0 Å². The Labute approximate surface area is 162 Å². The van der Waals surface area contributed by atoms with Crippen molar-refractivity contribution in [2.24, 2.45) is 0 Å². The number of ketones is 1. The fraction of sp³-hybridized carbons (Fsp3) is 0.381. The molecule has 1 fully saturated rings. The van der Waals surface area contributed by atoms with Crippen molar-refractivity contribution < 1.29 is 23.5 Å². The van der Waals surface area contributed by atoms with Crippen molar-refractivity contribution in [1.29, 1.82) is 0 Å². The molecule has 6 nitrogen and oxygen atoms in total. The summed E-state index contributed by atoms with van der Waals surface area (Å²) in [5.74, 6) is -2.87. The van der Waals surface area contributed by atoms with E-state index >= 15 is 0 Å². The molecule has 1 aliphatic rings. The summed E-state index contributed by atoms with van der Waals surface area (Å²) in [5, 5.41) is 2.74. The normalized spacial score (nSPS) is 14.1. The molecule has 2 N–H and O–H groups in total. The molecule has 1 aromatic carbocycles. The van der Waals surface area contributed by atoms with E-state index in [1.807, 2.05) is 0 Å². The van der Waals surface area contributed by atoms with Crippen LogP contribution in [0.4, 0.5) is 4.39 Å². The molecule has 0 atom stereocenters. The van der Waals surface area contributed by atoms with Gasteiger partial charge in [-0.05, 0) is 32.8 Å². The lowest BCUT2D eigenvalue weighted by molar-refractivity contribution is -0.117. The molecular weight excluding hydrogens is 363 g/mol. The number of hydrogen-bond donors (Lipinski definition) is 2. The predicted octanol–water partition coefficient (Wildman–Crippen LogP) is 3.55. The summed E-state index contributed by atoms with van der Waals surface area (Å²) < 4.78 is 19.6. The summed E-state index contributed by atoms with van der Waals surface area (Å²) in [4.78, 5) is 40.6. The minimum atomic E-state index is -0.830. The van der Waals surface area contributed by atoms with E-state index in [0.29, 0.717) is 5.69 Å². The first-order valence-electron chi connectivity index (χ1n) is 9.43. The number of aryl methyl sites for hydroxylation is 1. The molecule has 1 heterocycles. The van der Waals surface area contributed by atoms with Gasteiger partial charge in [-0.3, -0.25) is 9.59 Å². The van der Waals surface area contributed by atoms with Crippen LogP contribution in [0.1, 0.15) is 59.1 Å². The zero-order valence-electron chi connectivity index (χ0n) is 15.9. The van der Waals surface area contributed by atoms with Crippen LogP contribution >= 0.6 is 0 Å². The first-order chi connectivity index (χ1) is 13.4. The zero-order chi connectivity index (χ0) is 20.3. The quantitative estimate of drug-likeness (QED) is 0.451. The second-order valence-electron chi connectivity index (χ2n) is 6.86. The van der Waals surface area contributed by atoms with Gasteiger partial charge in [0.05, 0.1) is 12.2 Å². The Morgan fingerprint density at radius 3 is 2.54 bits per heavy atom. The predicted molar refractivity (Wildman–Crippen MR) is 102 cm³/mol. The van der Waals surface area contributed by atoms with E-state index in [0.717, 1.165) is 25.7 Å². The van der Waals surface area contributed by atoms with Gasteiger partial charge in [-0.1, -0.05) is 31.0 Å². The molecular formula is C21H23FN2O4. The fourth-order valence-electron chi connectivity index (χ4n) is 3.62. The molecule has 1 aliphatic carbocycles. The van der Waals surface area contributed by atoms with Crippen molar-refractivity contribution in [3.05, 3.63) is 47.0 Å². The highest BCUT2D eigenvalue weighted by Gasteiger charge is 2.32. The summed E-state index contributed by atoms with van der Waals surface area (Å²) in [6.45, 7) is 3.37. The summed E-state index contributed by atoms with van der Waals surface area (Å²) in [5.41, 5.74) is 0.409. The number of amides is 1. The SMILES string of the molecule is CCOC(=O)c1c(C)[nH]c(C(=O)C(=O)NC2CCCC2)c1-c1ccccc1F. The van der Waals surface area contributed by atoms with E-state index < -0.39 is 23.5 Å². The van der Waals surface area contributed by atoms with Crippen molar-refractivity contribution in [1.82, 2.24) is 10.3 Å². The highest BCUT2D eigenvalue weighted by Crippen LogP contribution is 2.33. The highest BCUT2D eigenvalue weighted by molar-refractivity contribution is 6.44. The maximum atomic E-state index is 14.5. The van der Waals surface area contributed by atoms with Crippen molar-refractivity contribution in [2.45, 2.75) is 45.6 Å². The molecule has 2 aromatic rings. The summed E-state index contributed by atoms with van der Waals surface area (Å²) in [6, 6.07) is 5.78. The Morgan fingerprint density at radius 2 is 1.89 bits per heavy atom. The molecule has 148 valence electrons. The van der Waals surface area contributed by atoms with Crippen LogP contribution in [0, 0.1) is 12.7 Å². The third kappa shape index (κ3) is 3.83. The van der Waals surface area contributed by atoms with Gasteiger partial charge in [0.1, 0.15) is 11.5 Å². The van der Waals surface area contributed by atoms with E-state index in [9.17, 15) is 18.8 Å². The molecule has 1 saturated carbocycles. The molecule has 1 amide bonds. The van der Waals surface area contributed by atoms with Crippen LogP contribution in [-0.2, 0) is 9.53 Å². The molecule has 7 heteroatoms. The smallest absolute Gasteiger partial charge is 0.340 e. The number of aromatic amines is 1. The number of nitrogens with one attached hydrogen (secondary N) is 2. The van der Waals surface area contributed by atoms with Crippen LogP contribution in [0.15, 0.2) is 24.3 Å². The average Bonchev–Trinajstić information content (AvgIpc) is 3.29. The summed E-state index contributed by atoms with van der Waals surface area (Å²) in [6.07, 6.45) is 3.68. The number of Topliss-reactive ketones (excluding diaryl/α,β-unsaturated/α-hetero) is 1. The number of halogens is 1. The second-order valence-corrected chi connectivity index (χ2v) is 6.86. The van der Waals surface area contributed by atoms with Crippen molar-refractivity contribution in [3.8, 4) is 11.1 Å². The number of ether oxygens (including phenoxy) is 1. The molecule has 0 spiro atoms. The lowest BCUT2D eigenvalue weighted by Crippen LogP contribution is -2.38. The van der Waals surface area contributed by atoms with Gasteiger partial charge in [-0.2, -0.15) is 0 Å². The third-order valence-electron chi connectivity index (χ3n) is 4.93. The number of carbonyl (C=O) groups is 3. The maximum Gasteiger partial charge on any atom is 0.340 e. The highest BCUT2D eigenvalue weighted by atomic mass is 19.1. The average molecular weight is 386 g/mol. The van der Waals surface area contributed by atoms with Gasteiger partial charge in [0.15, 0.2) is 0 Å². The largest absolute Gasteiger partial charge is 0.462 e. The monoisotopic (exact) mass is 386 g/mol. The Bertz CT molecular complexity index is 913. The lowest BCUT2D eigenvalue weighted by atomic mass is 9.97.